The maximum absolute atomic E-state index is 12.3. The van der Waals surface area contributed by atoms with Crippen LogP contribution in [0.25, 0.3) is 0 Å². The topological polar surface area (TPSA) is 61.5 Å². The third-order valence-electron chi connectivity index (χ3n) is 3.89. The number of esters is 1. The molecule has 0 spiro atoms. The molecule has 0 radical (unpaired) electrons. The highest BCUT2D eigenvalue weighted by atomic mass is 16.5. The van der Waals surface area contributed by atoms with Gasteiger partial charge in [0.25, 0.3) is 0 Å². The molecule has 4 nitrogen and oxygen atoms in total. The van der Waals surface area contributed by atoms with Crippen LogP contribution in [0.1, 0.15) is 43.5 Å². The van der Waals surface area contributed by atoms with Gasteiger partial charge < -0.3 is 15.2 Å². The molecule has 2 rings (SSSR count). The van der Waals surface area contributed by atoms with Gasteiger partial charge in [-0.05, 0) is 43.2 Å². The Kier molecular flexibility index (Phi) is 4.53. The first-order chi connectivity index (χ1) is 9.51. The minimum Gasteiger partial charge on any atom is -0.496 e. The van der Waals surface area contributed by atoms with Crippen LogP contribution in [0.3, 0.4) is 0 Å². The number of carbonyl (C=O) groups is 1. The minimum absolute atomic E-state index is 0.0226. The summed E-state index contributed by atoms with van der Waals surface area (Å²) in [5.41, 5.74) is 6.61. The van der Waals surface area contributed by atoms with Crippen molar-refractivity contribution in [2.45, 2.75) is 39.2 Å². The van der Waals surface area contributed by atoms with E-state index in [-0.39, 0.29) is 12.1 Å². The van der Waals surface area contributed by atoms with Crippen molar-refractivity contribution in [3.05, 3.63) is 23.8 Å². The molecule has 4 heteroatoms. The average molecular weight is 277 g/mol. The molecule has 2 unspecified atom stereocenters. The fourth-order valence-electron chi connectivity index (χ4n) is 3.12. The van der Waals surface area contributed by atoms with E-state index in [1.807, 2.05) is 0 Å². The summed E-state index contributed by atoms with van der Waals surface area (Å²) in [6.45, 7) is 4.40. The molecular formula is C16H23NO3. The standard InChI is InChI=1S/C16H23NO3/c1-10-7-11(2)9-12(8-10)20-16(18)15-13(17)5-4-6-14(15)19-3/h4-6,10-12H,7-9,17H2,1-3H3. The zero-order valence-corrected chi connectivity index (χ0v) is 12.4. The summed E-state index contributed by atoms with van der Waals surface area (Å²) in [6, 6.07) is 5.17. The molecule has 1 aromatic rings. The number of benzene rings is 1. The van der Waals surface area contributed by atoms with Crippen molar-refractivity contribution in [2.24, 2.45) is 11.8 Å². The number of nitrogen functional groups attached to an aromatic ring is 1. The van der Waals surface area contributed by atoms with Crippen LogP contribution in [0.4, 0.5) is 5.69 Å². The summed E-state index contributed by atoms with van der Waals surface area (Å²) in [4.78, 5) is 12.3. The molecule has 0 bridgehead atoms. The summed E-state index contributed by atoms with van der Waals surface area (Å²) < 4.78 is 10.8. The van der Waals surface area contributed by atoms with Gasteiger partial charge in [0.2, 0.25) is 0 Å². The molecule has 2 atom stereocenters. The molecule has 20 heavy (non-hydrogen) atoms. The molecule has 1 aliphatic carbocycles. The van der Waals surface area contributed by atoms with Crippen LogP contribution < -0.4 is 10.5 Å². The van der Waals surface area contributed by atoms with E-state index in [0.29, 0.717) is 28.8 Å². The molecule has 0 heterocycles. The minimum atomic E-state index is -0.383. The normalized spacial score (nSPS) is 26.1. The van der Waals surface area contributed by atoms with Crippen LogP contribution in [0.5, 0.6) is 5.75 Å². The van der Waals surface area contributed by atoms with Gasteiger partial charge in [-0.15, -0.1) is 0 Å². The van der Waals surface area contributed by atoms with Crippen molar-refractivity contribution in [2.75, 3.05) is 12.8 Å². The zero-order valence-electron chi connectivity index (χ0n) is 12.4. The average Bonchev–Trinajstić information content (AvgIpc) is 2.36. The number of anilines is 1. The Morgan fingerprint density at radius 3 is 2.45 bits per heavy atom. The van der Waals surface area contributed by atoms with Gasteiger partial charge in [-0.3, -0.25) is 0 Å². The number of rotatable bonds is 3. The number of hydrogen-bond donors (Lipinski definition) is 1. The van der Waals surface area contributed by atoms with Crippen molar-refractivity contribution in [1.29, 1.82) is 0 Å². The lowest BCUT2D eigenvalue weighted by Crippen LogP contribution is -2.28. The van der Waals surface area contributed by atoms with Crippen molar-refractivity contribution in [3.8, 4) is 5.75 Å². The van der Waals surface area contributed by atoms with Crippen LogP contribution in [0.15, 0.2) is 18.2 Å². The molecule has 1 saturated carbocycles. The maximum atomic E-state index is 12.3. The van der Waals surface area contributed by atoms with Gasteiger partial charge in [-0.25, -0.2) is 4.79 Å². The highest BCUT2D eigenvalue weighted by molar-refractivity contribution is 5.98. The van der Waals surface area contributed by atoms with Crippen LogP contribution in [0.2, 0.25) is 0 Å². The maximum Gasteiger partial charge on any atom is 0.344 e. The second-order valence-corrected chi connectivity index (χ2v) is 5.87. The van der Waals surface area contributed by atoms with E-state index in [0.717, 1.165) is 12.8 Å². The monoisotopic (exact) mass is 277 g/mol. The first-order valence-corrected chi connectivity index (χ1v) is 7.14. The Morgan fingerprint density at radius 2 is 1.85 bits per heavy atom. The molecular weight excluding hydrogens is 254 g/mol. The second kappa shape index (κ2) is 6.16. The third kappa shape index (κ3) is 3.24. The first-order valence-electron chi connectivity index (χ1n) is 7.14. The van der Waals surface area contributed by atoms with Crippen molar-refractivity contribution < 1.29 is 14.3 Å². The van der Waals surface area contributed by atoms with E-state index in [1.54, 1.807) is 18.2 Å². The fourth-order valence-corrected chi connectivity index (χ4v) is 3.12. The molecule has 0 amide bonds. The summed E-state index contributed by atoms with van der Waals surface area (Å²) in [5.74, 6) is 1.26. The summed E-state index contributed by atoms with van der Waals surface area (Å²) in [6.07, 6.45) is 3.02. The third-order valence-corrected chi connectivity index (χ3v) is 3.89. The van der Waals surface area contributed by atoms with Gasteiger partial charge in [0, 0.05) is 5.69 Å². The van der Waals surface area contributed by atoms with Gasteiger partial charge in [0.05, 0.1) is 7.11 Å². The van der Waals surface area contributed by atoms with E-state index >= 15 is 0 Å². The van der Waals surface area contributed by atoms with Crippen LogP contribution in [-0.2, 0) is 4.74 Å². The SMILES string of the molecule is COc1cccc(N)c1C(=O)OC1CC(C)CC(C)C1. The van der Waals surface area contributed by atoms with Gasteiger partial charge >= 0.3 is 5.97 Å². The molecule has 0 saturated heterocycles. The Labute approximate surface area is 120 Å². The van der Waals surface area contributed by atoms with Gasteiger partial charge in [0.15, 0.2) is 0 Å². The molecule has 1 aromatic carbocycles. The second-order valence-electron chi connectivity index (χ2n) is 5.87. The quantitative estimate of drug-likeness (QED) is 0.680. The van der Waals surface area contributed by atoms with E-state index in [2.05, 4.69) is 13.8 Å². The number of carbonyl (C=O) groups excluding carboxylic acids is 1. The zero-order chi connectivity index (χ0) is 14.7. The Balaban J connectivity index is 2.12. The van der Waals surface area contributed by atoms with Gasteiger partial charge in [-0.2, -0.15) is 0 Å². The molecule has 2 N–H and O–H groups in total. The van der Waals surface area contributed by atoms with Crippen LogP contribution in [-0.4, -0.2) is 19.2 Å². The largest absolute Gasteiger partial charge is 0.496 e. The highest BCUT2D eigenvalue weighted by Crippen LogP contribution is 2.32. The lowest BCUT2D eigenvalue weighted by Gasteiger charge is -2.31. The van der Waals surface area contributed by atoms with Crippen molar-refractivity contribution >= 4 is 11.7 Å². The predicted molar refractivity (Wildman–Crippen MR) is 78.8 cm³/mol. The molecule has 1 aliphatic rings. The van der Waals surface area contributed by atoms with Crippen LogP contribution in [0, 0.1) is 11.8 Å². The van der Waals surface area contributed by atoms with Gasteiger partial charge in [0.1, 0.15) is 17.4 Å². The Bertz CT molecular complexity index is 477. The summed E-state index contributed by atoms with van der Waals surface area (Å²) in [5, 5.41) is 0. The number of nitrogens with two attached hydrogens (primary N) is 1. The Hall–Kier alpha value is -1.71. The summed E-state index contributed by atoms with van der Waals surface area (Å²) in [7, 11) is 1.52. The number of ether oxygens (including phenoxy) is 2. The predicted octanol–water partition coefficient (Wildman–Crippen LogP) is 3.26. The first kappa shape index (κ1) is 14.7. The van der Waals surface area contributed by atoms with Crippen molar-refractivity contribution in [1.82, 2.24) is 0 Å². The molecule has 1 fully saturated rings. The lowest BCUT2D eigenvalue weighted by molar-refractivity contribution is 0.00790. The van der Waals surface area contributed by atoms with Crippen LogP contribution >= 0.6 is 0 Å². The number of methoxy groups -OCH3 is 1. The summed E-state index contributed by atoms with van der Waals surface area (Å²) >= 11 is 0. The highest BCUT2D eigenvalue weighted by Gasteiger charge is 2.28. The molecule has 110 valence electrons. The smallest absolute Gasteiger partial charge is 0.344 e. The number of hydrogen-bond acceptors (Lipinski definition) is 4. The fraction of sp³-hybridized carbons (Fsp3) is 0.562. The molecule has 0 aliphatic heterocycles. The lowest BCUT2D eigenvalue weighted by atomic mass is 9.82. The Morgan fingerprint density at radius 1 is 1.20 bits per heavy atom. The van der Waals surface area contributed by atoms with E-state index in [1.165, 1.54) is 13.5 Å². The van der Waals surface area contributed by atoms with Gasteiger partial charge in [-0.1, -0.05) is 19.9 Å². The molecule has 0 aromatic heterocycles. The van der Waals surface area contributed by atoms with E-state index in [9.17, 15) is 4.79 Å². The van der Waals surface area contributed by atoms with E-state index in [4.69, 9.17) is 15.2 Å². The van der Waals surface area contributed by atoms with E-state index < -0.39 is 0 Å². The van der Waals surface area contributed by atoms with Crippen molar-refractivity contribution in [3.63, 3.8) is 0 Å².